The van der Waals surface area contributed by atoms with Crippen LogP contribution in [0.3, 0.4) is 0 Å². The van der Waals surface area contributed by atoms with Crippen LogP contribution in [0.4, 0.5) is 0 Å². The van der Waals surface area contributed by atoms with E-state index in [-0.39, 0.29) is 23.7 Å². The first-order valence-corrected chi connectivity index (χ1v) is 10.7. The number of amides is 2. The van der Waals surface area contributed by atoms with Crippen molar-refractivity contribution in [2.75, 3.05) is 33.8 Å². The lowest BCUT2D eigenvalue weighted by Crippen LogP contribution is -2.35. The van der Waals surface area contributed by atoms with E-state index in [2.05, 4.69) is 0 Å². The number of carbonyl (C=O) groups is 2. The Hall–Kier alpha value is -3.65. The van der Waals surface area contributed by atoms with Crippen molar-refractivity contribution >= 4 is 22.8 Å². The molecule has 0 bridgehead atoms. The van der Waals surface area contributed by atoms with Crippen LogP contribution in [-0.4, -0.2) is 55.4 Å². The molecule has 1 aromatic heterocycles. The highest BCUT2D eigenvalue weighted by atomic mass is 16.5. The molecule has 1 aliphatic rings. The van der Waals surface area contributed by atoms with Crippen LogP contribution in [0.1, 0.15) is 38.9 Å². The van der Waals surface area contributed by atoms with Crippen LogP contribution in [0.15, 0.2) is 45.6 Å². The number of hydrogen-bond acceptors (Lipinski definition) is 6. The fraction of sp³-hybridized carbons (Fsp3) is 0.320. The molecule has 33 heavy (non-hydrogen) atoms. The van der Waals surface area contributed by atoms with Gasteiger partial charge in [-0.25, -0.2) is 0 Å². The van der Waals surface area contributed by atoms with Gasteiger partial charge in [-0.1, -0.05) is 12.1 Å². The van der Waals surface area contributed by atoms with Crippen molar-refractivity contribution in [2.45, 2.75) is 19.9 Å². The number of fused-ring (bicyclic) bond motifs is 2. The molecular weight excluding hydrogens is 422 g/mol. The van der Waals surface area contributed by atoms with Crippen molar-refractivity contribution in [3.63, 3.8) is 0 Å². The Morgan fingerprint density at radius 2 is 1.79 bits per heavy atom. The number of likely N-dealkylation sites (N-methyl/N-ethyl adjacent to an activating group) is 1. The van der Waals surface area contributed by atoms with Gasteiger partial charge in [0.15, 0.2) is 12.0 Å². The summed E-state index contributed by atoms with van der Waals surface area (Å²) in [5.74, 6) is -0.311. The van der Waals surface area contributed by atoms with Gasteiger partial charge in [0.25, 0.3) is 11.8 Å². The second-order valence-electron chi connectivity index (χ2n) is 8.63. The third-order valence-corrected chi connectivity index (χ3v) is 5.95. The molecule has 172 valence electrons. The van der Waals surface area contributed by atoms with Gasteiger partial charge in [0, 0.05) is 13.1 Å². The number of primary amides is 1. The Labute approximate surface area is 191 Å². The molecule has 0 fully saturated rings. The van der Waals surface area contributed by atoms with Crippen molar-refractivity contribution in [3.05, 3.63) is 74.6 Å². The molecule has 0 saturated heterocycles. The van der Waals surface area contributed by atoms with E-state index in [0.717, 1.165) is 16.7 Å². The van der Waals surface area contributed by atoms with E-state index < -0.39 is 11.9 Å². The van der Waals surface area contributed by atoms with Gasteiger partial charge in [-0.15, -0.1) is 0 Å². The van der Waals surface area contributed by atoms with Gasteiger partial charge >= 0.3 is 0 Å². The molecule has 3 aromatic rings. The van der Waals surface area contributed by atoms with E-state index in [1.807, 2.05) is 45.0 Å². The van der Waals surface area contributed by atoms with E-state index >= 15 is 0 Å². The predicted molar refractivity (Wildman–Crippen MR) is 125 cm³/mol. The number of aryl methyl sites for hydroxylation is 2. The summed E-state index contributed by atoms with van der Waals surface area (Å²) in [5, 5.41) is 0.463. The number of rotatable bonds is 7. The van der Waals surface area contributed by atoms with Crippen molar-refractivity contribution < 1.29 is 18.7 Å². The number of carbonyl (C=O) groups excluding carboxylic acids is 2. The molecule has 1 aliphatic heterocycles. The average molecular weight is 450 g/mol. The number of nitrogens with zero attached hydrogens (tertiary/aromatic N) is 2. The summed E-state index contributed by atoms with van der Waals surface area (Å²) in [4.78, 5) is 41.6. The molecule has 2 heterocycles. The summed E-state index contributed by atoms with van der Waals surface area (Å²) >= 11 is 0. The summed E-state index contributed by atoms with van der Waals surface area (Å²) in [5.41, 5.74) is 8.43. The zero-order valence-corrected chi connectivity index (χ0v) is 19.2. The zero-order chi connectivity index (χ0) is 23.9. The van der Waals surface area contributed by atoms with Crippen molar-refractivity contribution in [3.8, 4) is 5.75 Å². The summed E-state index contributed by atoms with van der Waals surface area (Å²) in [6.45, 7) is 4.71. The Kier molecular flexibility index (Phi) is 5.95. The third kappa shape index (κ3) is 4.21. The highest BCUT2D eigenvalue weighted by Gasteiger charge is 2.42. The topological polar surface area (TPSA) is 106 Å². The third-order valence-electron chi connectivity index (χ3n) is 5.95. The van der Waals surface area contributed by atoms with Gasteiger partial charge in [-0.2, -0.15) is 0 Å². The first kappa shape index (κ1) is 22.5. The number of benzene rings is 2. The largest absolute Gasteiger partial charge is 0.484 e. The van der Waals surface area contributed by atoms with Gasteiger partial charge in [0.1, 0.15) is 11.3 Å². The van der Waals surface area contributed by atoms with Crippen LogP contribution in [0, 0.1) is 13.8 Å². The second-order valence-corrected chi connectivity index (χ2v) is 8.63. The van der Waals surface area contributed by atoms with Gasteiger partial charge in [0.05, 0.1) is 17.0 Å². The minimum atomic E-state index is -0.583. The van der Waals surface area contributed by atoms with Gasteiger partial charge in [-0.05, 0) is 68.9 Å². The van der Waals surface area contributed by atoms with E-state index in [4.69, 9.17) is 14.9 Å². The van der Waals surface area contributed by atoms with Crippen molar-refractivity contribution in [1.29, 1.82) is 0 Å². The Morgan fingerprint density at radius 1 is 1.12 bits per heavy atom. The van der Waals surface area contributed by atoms with E-state index in [9.17, 15) is 14.4 Å². The lowest BCUT2D eigenvalue weighted by molar-refractivity contribution is -0.119. The maximum atomic E-state index is 13.6. The highest BCUT2D eigenvalue weighted by Crippen LogP contribution is 2.38. The number of ether oxygens (including phenoxy) is 1. The van der Waals surface area contributed by atoms with Crippen LogP contribution in [-0.2, 0) is 4.79 Å². The normalized spacial score (nSPS) is 15.4. The smallest absolute Gasteiger partial charge is 0.290 e. The molecule has 8 nitrogen and oxygen atoms in total. The molecule has 0 aliphatic carbocycles. The monoisotopic (exact) mass is 449 g/mol. The number of nitrogens with two attached hydrogens (primary N) is 1. The average Bonchev–Trinajstić information content (AvgIpc) is 3.04. The summed E-state index contributed by atoms with van der Waals surface area (Å²) in [6, 6.07) is 10.0. The molecule has 2 amide bonds. The minimum absolute atomic E-state index is 0.0913. The van der Waals surface area contributed by atoms with Gasteiger partial charge in [-0.3, -0.25) is 14.4 Å². The zero-order valence-electron chi connectivity index (χ0n) is 19.2. The summed E-state index contributed by atoms with van der Waals surface area (Å²) in [7, 11) is 3.85. The molecule has 0 unspecified atom stereocenters. The van der Waals surface area contributed by atoms with Gasteiger partial charge in [0.2, 0.25) is 5.76 Å². The maximum absolute atomic E-state index is 13.6. The molecule has 0 saturated carbocycles. The van der Waals surface area contributed by atoms with Crippen LogP contribution < -0.4 is 15.9 Å². The van der Waals surface area contributed by atoms with E-state index in [0.29, 0.717) is 35.4 Å². The van der Waals surface area contributed by atoms with Crippen LogP contribution in [0.25, 0.3) is 11.0 Å². The lowest BCUT2D eigenvalue weighted by atomic mass is 9.97. The van der Waals surface area contributed by atoms with Crippen LogP contribution >= 0.6 is 0 Å². The predicted octanol–water partition coefficient (Wildman–Crippen LogP) is 2.38. The first-order valence-electron chi connectivity index (χ1n) is 10.7. The molecular formula is C25H27N3O5. The highest BCUT2D eigenvalue weighted by molar-refractivity contribution is 5.99. The molecule has 4 rings (SSSR count). The Bertz CT molecular complexity index is 1290. The number of hydrogen-bond donors (Lipinski definition) is 1. The quantitative estimate of drug-likeness (QED) is 0.594. The summed E-state index contributed by atoms with van der Waals surface area (Å²) in [6.07, 6.45) is 0. The molecule has 8 heteroatoms. The lowest BCUT2D eigenvalue weighted by Gasteiger charge is -2.26. The Morgan fingerprint density at radius 3 is 2.42 bits per heavy atom. The molecule has 2 N–H and O–H groups in total. The fourth-order valence-corrected chi connectivity index (χ4v) is 4.06. The molecule has 2 aromatic carbocycles. The molecule has 0 spiro atoms. The minimum Gasteiger partial charge on any atom is -0.484 e. The fourth-order valence-electron chi connectivity index (χ4n) is 4.06. The van der Waals surface area contributed by atoms with Crippen LogP contribution in [0.2, 0.25) is 0 Å². The van der Waals surface area contributed by atoms with E-state index in [1.165, 1.54) is 0 Å². The second kappa shape index (κ2) is 8.71. The van der Waals surface area contributed by atoms with E-state index in [1.54, 1.807) is 29.2 Å². The summed E-state index contributed by atoms with van der Waals surface area (Å²) < 4.78 is 11.4. The van der Waals surface area contributed by atoms with Crippen LogP contribution in [0.5, 0.6) is 5.75 Å². The first-order chi connectivity index (χ1) is 15.7. The molecule has 0 radical (unpaired) electrons. The molecule has 1 atom stereocenters. The maximum Gasteiger partial charge on any atom is 0.290 e. The standard InChI is InChI=1S/C25H27N3O5/c1-14-11-18-19(12-15(14)2)33-24-21(23(18)30)22(28(25(24)31)10-9-27(3)4)16-5-7-17(8-6-16)32-13-20(26)29/h5-8,11-12,22H,9-10,13H2,1-4H3,(H2,26,29)/t22-/m0/s1. The van der Waals surface area contributed by atoms with Crippen molar-refractivity contribution in [2.24, 2.45) is 5.73 Å². The Balaban J connectivity index is 1.84. The van der Waals surface area contributed by atoms with Gasteiger partial charge < -0.3 is 24.7 Å². The SMILES string of the molecule is Cc1cc2oc3c(c(=O)c2cc1C)[C@H](c1ccc(OCC(N)=O)cc1)N(CCN(C)C)C3=O. The van der Waals surface area contributed by atoms with Crippen molar-refractivity contribution in [1.82, 2.24) is 9.80 Å².